The maximum absolute atomic E-state index is 12.1. The topological polar surface area (TPSA) is 60.1 Å². The number of hydrogen-bond donors (Lipinski definition) is 1. The molecule has 0 aliphatic heterocycles. The molecule has 0 unspecified atom stereocenters. The summed E-state index contributed by atoms with van der Waals surface area (Å²) in [5.74, 6) is 0.182. The van der Waals surface area contributed by atoms with Gasteiger partial charge in [-0.05, 0) is 25.5 Å². The van der Waals surface area contributed by atoms with Crippen LogP contribution in [0.5, 0.6) is 0 Å². The van der Waals surface area contributed by atoms with Crippen molar-refractivity contribution in [2.24, 2.45) is 7.05 Å². The lowest BCUT2D eigenvalue weighted by molar-refractivity contribution is 0.0905. The van der Waals surface area contributed by atoms with Crippen molar-refractivity contribution >= 4 is 5.91 Å². The van der Waals surface area contributed by atoms with E-state index >= 15 is 0 Å². The molecule has 0 saturated carbocycles. The Morgan fingerprint density at radius 1 is 1.56 bits per heavy atom. The zero-order valence-electron chi connectivity index (χ0n) is 10.8. The van der Waals surface area contributed by atoms with E-state index in [4.69, 9.17) is 4.42 Å². The number of carbonyl (C=O) groups excluding carboxylic acids is 1. The molecule has 2 rings (SSSR count). The van der Waals surface area contributed by atoms with E-state index in [0.717, 1.165) is 17.7 Å². The average molecular weight is 247 g/mol. The molecule has 5 heteroatoms. The van der Waals surface area contributed by atoms with E-state index in [2.05, 4.69) is 10.4 Å². The fourth-order valence-corrected chi connectivity index (χ4v) is 1.94. The maximum Gasteiger partial charge on any atom is 0.287 e. The van der Waals surface area contributed by atoms with E-state index in [1.165, 1.54) is 6.26 Å². The molecule has 0 saturated heterocycles. The van der Waals surface area contributed by atoms with E-state index in [0.29, 0.717) is 5.76 Å². The molecule has 2 aromatic rings. The normalized spacial score (nSPS) is 12.4. The first-order chi connectivity index (χ1) is 8.63. The predicted octanol–water partition coefficient (Wildman–Crippen LogP) is 2.20. The second-order valence-electron chi connectivity index (χ2n) is 4.25. The molecule has 96 valence electrons. The van der Waals surface area contributed by atoms with Crippen molar-refractivity contribution < 1.29 is 9.21 Å². The Hall–Kier alpha value is -2.04. The summed E-state index contributed by atoms with van der Waals surface area (Å²) in [4.78, 5) is 12.1. The van der Waals surface area contributed by atoms with Gasteiger partial charge in [0, 0.05) is 18.8 Å². The number of furan rings is 1. The van der Waals surface area contributed by atoms with Crippen LogP contribution in [-0.2, 0) is 7.05 Å². The van der Waals surface area contributed by atoms with Gasteiger partial charge in [0.25, 0.3) is 5.91 Å². The molecule has 0 fully saturated rings. The van der Waals surface area contributed by atoms with Crippen LogP contribution in [0.4, 0.5) is 0 Å². The number of aryl methyl sites for hydroxylation is 2. The van der Waals surface area contributed by atoms with Crippen molar-refractivity contribution in [3.63, 3.8) is 0 Å². The summed E-state index contributed by atoms with van der Waals surface area (Å²) in [5.41, 5.74) is 1.82. The highest BCUT2D eigenvalue weighted by Gasteiger charge is 2.19. The molecule has 5 nitrogen and oxygen atoms in total. The highest BCUT2D eigenvalue weighted by Crippen LogP contribution is 2.17. The smallest absolute Gasteiger partial charge is 0.287 e. The summed E-state index contributed by atoms with van der Waals surface area (Å²) in [7, 11) is 1.86. The molecule has 2 aromatic heterocycles. The molecule has 0 spiro atoms. The van der Waals surface area contributed by atoms with Gasteiger partial charge in [-0.2, -0.15) is 5.10 Å². The Bertz CT molecular complexity index is 542. The zero-order chi connectivity index (χ0) is 13.1. The summed E-state index contributed by atoms with van der Waals surface area (Å²) in [6, 6.07) is 3.62. The second-order valence-corrected chi connectivity index (χ2v) is 4.25. The van der Waals surface area contributed by atoms with E-state index < -0.39 is 0 Å². The van der Waals surface area contributed by atoms with E-state index in [1.54, 1.807) is 16.9 Å². The molecular formula is C13H17N3O2. The predicted molar refractivity (Wildman–Crippen MR) is 67.2 cm³/mol. The largest absolute Gasteiger partial charge is 0.459 e. The molecule has 1 amide bonds. The summed E-state index contributed by atoms with van der Waals surface area (Å²) < 4.78 is 6.95. The van der Waals surface area contributed by atoms with Gasteiger partial charge in [-0.15, -0.1) is 0 Å². The molecular weight excluding hydrogens is 230 g/mol. The van der Waals surface area contributed by atoms with E-state index in [1.807, 2.05) is 27.0 Å². The monoisotopic (exact) mass is 247 g/mol. The number of nitrogens with zero attached hydrogens (tertiary/aromatic N) is 2. The lowest BCUT2D eigenvalue weighted by Gasteiger charge is -2.16. The summed E-state index contributed by atoms with van der Waals surface area (Å²) in [5, 5.41) is 7.07. The zero-order valence-corrected chi connectivity index (χ0v) is 10.8. The van der Waals surface area contributed by atoms with Crippen LogP contribution in [0.15, 0.2) is 29.0 Å². The van der Waals surface area contributed by atoms with Gasteiger partial charge in [0.15, 0.2) is 5.76 Å². The summed E-state index contributed by atoms with van der Waals surface area (Å²) >= 11 is 0. The Balaban J connectivity index is 2.15. The molecule has 0 bridgehead atoms. The maximum atomic E-state index is 12.1. The van der Waals surface area contributed by atoms with Crippen LogP contribution in [0.1, 0.15) is 41.2 Å². The van der Waals surface area contributed by atoms with Crippen LogP contribution in [0.2, 0.25) is 0 Å². The molecule has 0 aromatic carbocycles. The number of carbonyl (C=O) groups is 1. The number of amides is 1. The minimum absolute atomic E-state index is 0.0606. The minimum atomic E-state index is -0.189. The first-order valence-electron chi connectivity index (χ1n) is 5.96. The lowest BCUT2D eigenvalue weighted by Crippen LogP contribution is -2.29. The number of rotatable bonds is 4. The first-order valence-corrected chi connectivity index (χ1v) is 5.96. The third-order valence-electron chi connectivity index (χ3n) is 3.00. The third kappa shape index (κ3) is 2.30. The van der Waals surface area contributed by atoms with Crippen LogP contribution in [0.25, 0.3) is 0 Å². The molecule has 0 radical (unpaired) electrons. The first kappa shape index (κ1) is 12.4. The highest BCUT2D eigenvalue weighted by molar-refractivity contribution is 5.93. The van der Waals surface area contributed by atoms with Crippen LogP contribution >= 0.6 is 0 Å². The molecule has 1 atom stereocenters. The van der Waals surface area contributed by atoms with Gasteiger partial charge in [-0.1, -0.05) is 6.92 Å². The van der Waals surface area contributed by atoms with Crippen molar-refractivity contribution in [3.05, 3.63) is 41.6 Å². The van der Waals surface area contributed by atoms with Crippen LogP contribution < -0.4 is 5.32 Å². The Morgan fingerprint density at radius 3 is 2.83 bits per heavy atom. The van der Waals surface area contributed by atoms with Gasteiger partial charge in [-0.25, -0.2) is 0 Å². The van der Waals surface area contributed by atoms with Crippen LogP contribution in [0.3, 0.4) is 0 Å². The third-order valence-corrected chi connectivity index (χ3v) is 3.00. The fourth-order valence-electron chi connectivity index (χ4n) is 1.94. The van der Waals surface area contributed by atoms with E-state index in [9.17, 15) is 4.79 Å². The number of hydrogen-bond acceptors (Lipinski definition) is 3. The van der Waals surface area contributed by atoms with Crippen LogP contribution in [-0.4, -0.2) is 15.7 Å². The molecule has 2 heterocycles. The summed E-state index contributed by atoms with van der Waals surface area (Å²) in [6.45, 7) is 3.87. The van der Waals surface area contributed by atoms with Gasteiger partial charge >= 0.3 is 0 Å². The van der Waals surface area contributed by atoms with Crippen LogP contribution in [0, 0.1) is 6.92 Å². The van der Waals surface area contributed by atoms with Gasteiger partial charge in [-0.3, -0.25) is 9.48 Å². The van der Waals surface area contributed by atoms with Gasteiger partial charge in [0.05, 0.1) is 18.0 Å². The van der Waals surface area contributed by atoms with Crippen molar-refractivity contribution in [2.45, 2.75) is 26.3 Å². The lowest BCUT2D eigenvalue weighted by atomic mass is 10.1. The van der Waals surface area contributed by atoms with Gasteiger partial charge < -0.3 is 9.73 Å². The quantitative estimate of drug-likeness (QED) is 0.901. The SMILES string of the molecule is CC[C@H](NC(=O)c1occc1C)c1ccnn1C. The number of aromatic nitrogens is 2. The molecule has 0 aliphatic rings. The Kier molecular flexibility index (Phi) is 3.50. The minimum Gasteiger partial charge on any atom is -0.459 e. The highest BCUT2D eigenvalue weighted by atomic mass is 16.3. The van der Waals surface area contributed by atoms with Crippen molar-refractivity contribution in [3.8, 4) is 0 Å². The van der Waals surface area contributed by atoms with Crippen molar-refractivity contribution in [1.29, 1.82) is 0 Å². The molecule has 0 aliphatic carbocycles. The standard InChI is InChI=1S/C13H17N3O2/c1-4-10(11-5-7-14-16(11)3)15-13(17)12-9(2)6-8-18-12/h5-8,10H,4H2,1-3H3,(H,15,17)/t10-/m0/s1. The molecule has 1 N–H and O–H groups in total. The Morgan fingerprint density at radius 2 is 2.33 bits per heavy atom. The fraction of sp³-hybridized carbons (Fsp3) is 0.385. The Labute approximate surface area is 106 Å². The van der Waals surface area contributed by atoms with E-state index in [-0.39, 0.29) is 11.9 Å². The summed E-state index contributed by atoms with van der Waals surface area (Å²) in [6.07, 6.45) is 4.04. The van der Waals surface area contributed by atoms with Gasteiger partial charge in [0.1, 0.15) is 0 Å². The van der Waals surface area contributed by atoms with Crippen molar-refractivity contribution in [1.82, 2.24) is 15.1 Å². The molecule has 18 heavy (non-hydrogen) atoms. The van der Waals surface area contributed by atoms with Gasteiger partial charge in [0.2, 0.25) is 0 Å². The van der Waals surface area contributed by atoms with Crippen molar-refractivity contribution in [2.75, 3.05) is 0 Å². The second kappa shape index (κ2) is 5.08. The average Bonchev–Trinajstić information content (AvgIpc) is 2.95. The number of nitrogens with one attached hydrogen (secondary N) is 1.